The zero-order valence-corrected chi connectivity index (χ0v) is 22.1. The fraction of sp³-hybridized carbons (Fsp3) is 0.739. The normalized spacial score (nSPS) is 16.1. The second kappa shape index (κ2) is 15.8. The number of carbonyl (C=O) groups excluding carboxylic acids is 4. The molecule has 0 fully saturated rings. The summed E-state index contributed by atoms with van der Waals surface area (Å²) < 4.78 is 0. The smallest absolute Gasteiger partial charge is 0.326 e. The Morgan fingerprint density at radius 2 is 1.19 bits per heavy atom. The molecule has 0 aliphatic carbocycles. The Morgan fingerprint density at radius 1 is 0.703 bits per heavy atom. The summed E-state index contributed by atoms with van der Waals surface area (Å²) in [6.07, 6.45) is -2.25. The van der Waals surface area contributed by atoms with Crippen LogP contribution < -0.4 is 27.0 Å². The third-order valence-corrected chi connectivity index (χ3v) is 5.32. The van der Waals surface area contributed by atoms with Gasteiger partial charge in [0, 0.05) is 6.42 Å². The van der Waals surface area contributed by atoms with E-state index in [0.29, 0.717) is 0 Å². The minimum absolute atomic E-state index is 0.0848. The molecule has 14 heteroatoms. The van der Waals surface area contributed by atoms with E-state index in [0.717, 1.165) is 0 Å². The van der Waals surface area contributed by atoms with Gasteiger partial charge in [0.2, 0.25) is 23.6 Å². The van der Waals surface area contributed by atoms with Crippen molar-refractivity contribution in [1.82, 2.24) is 21.3 Å². The van der Waals surface area contributed by atoms with E-state index in [-0.39, 0.29) is 18.3 Å². The third kappa shape index (κ3) is 12.5. The molecule has 0 aromatic heterocycles. The van der Waals surface area contributed by atoms with Gasteiger partial charge in [-0.2, -0.15) is 0 Å². The molecule has 0 bridgehead atoms. The molecule has 9 N–H and O–H groups in total. The van der Waals surface area contributed by atoms with Crippen molar-refractivity contribution in [3.8, 4) is 0 Å². The zero-order valence-electron chi connectivity index (χ0n) is 22.1. The van der Waals surface area contributed by atoms with Crippen molar-refractivity contribution in [2.45, 2.75) is 97.1 Å². The SMILES string of the molecule is CC(C)C[C@H](NC(=O)[C@@H](NC(=O)[C@H](C)N)C(C)C)C(=O)N[C@H](C(=O)N[C@@H](CCC(=O)O)C(=O)O)[C@@H](C)O. The Bertz CT molecular complexity index is 829. The highest BCUT2D eigenvalue weighted by Crippen LogP contribution is 2.09. The van der Waals surface area contributed by atoms with Gasteiger partial charge in [0.15, 0.2) is 0 Å². The van der Waals surface area contributed by atoms with E-state index in [1.807, 2.05) is 0 Å². The minimum atomic E-state index is -1.59. The first-order valence-corrected chi connectivity index (χ1v) is 12.1. The quantitative estimate of drug-likeness (QED) is 0.112. The van der Waals surface area contributed by atoms with Crippen molar-refractivity contribution in [3.05, 3.63) is 0 Å². The number of aliphatic hydroxyl groups excluding tert-OH is 1. The predicted octanol–water partition coefficient (Wildman–Crippen LogP) is -1.69. The van der Waals surface area contributed by atoms with E-state index in [1.54, 1.807) is 27.7 Å². The lowest BCUT2D eigenvalue weighted by Gasteiger charge is -2.28. The van der Waals surface area contributed by atoms with E-state index >= 15 is 0 Å². The van der Waals surface area contributed by atoms with E-state index in [9.17, 15) is 39.0 Å². The molecule has 212 valence electrons. The lowest BCUT2D eigenvalue weighted by molar-refractivity contribution is -0.144. The molecule has 14 nitrogen and oxygen atoms in total. The molecule has 6 atom stereocenters. The lowest BCUT2D eigenvalue weighted by atomic mass is 9.99. The van der Waals surface area contributed by atoms with Crippen molar-refractivity contribution in [2.75, 3.05) is 0 Å². The minimum Gasteiger partial charge on any atom is -0.481 e. The standard InChI is InChI=1S/C23H41N5O9/c1-10(2)9-15(26-21(34)17(11(3)4)27-19(32)12(5)24)20(33)28-18(13(6)29)22(35)25-14(23(36)37)7-8-16(30)31/h10-15,17-18,29H,7-9,24H2,1-6H3,(H,25,35)(H,26,34)(H,27,32)(H,28,33)(H,30,31)(H,36,37)/t12-,13+,14-,15-,17-,18-/m0/s1. The molecule has 0 aliphatic rings. The maximum Gasteiger partial charge on any atom is 0.326 e. The largest absolute Gasteiger partial charge is 0.481 e. The van der Waals surface area contributed by atoms with Gasteiger partial charge < -0.3 is 42.3 Å². The van der Waals surface area contributed by atoms with Crippen LogP contribution >= 0.6 is 0 Å². The summed E-state index contributed by atoms with van der Waals surface area (Å²) in [5.74, 6) is -6.24. The van der Waals surface area contributed by atoms with Gasteiger partial charge in [-0.15, -0.1) is 0 Å². The maximum absolute atomic E-state index is 13.1. The van der Waals surface area contributed by atoms with Crippen LogP contribution in [0.25, 0.3) is 0 Å². The summed E-state index contributed by atoms with van der Waals surface area (Å²) in [6, 6.07) is -6.17. The summed E-state index contributed by atoms with van der Waals surface area (Å²) in [5.41, 5.74) is 5.56. The van der Waals surface area contributed by atoms with Crippen LogP contribution in [0.1, 0.15) is 60.8 Å². The highest BCUT2D eigenvalue weighted by atomic mass is 16.4. The van der Waals surface area contributed by atoms with Gasteiger partial charge in [0.25, 0.3) is 0 Å². The Hall–Kier alpha value is -3.26. The van der Waals surface area contributed by atoms with Crippen molar-refractivity contribution < 1.29 is 44.1 Å². The van der Waals surface area contributed by atoms with Gasteiger partial charge in [0.1, 0.15) is 24.2 Å². The fourth-order valence-electron chi connectivity index (χ4n) is 3.23. The number of aliphatic carboxylic acids is 2. The highest BCUT2D eigenvalue weighted by Gasteiger charge is 2.34. The maximum atomic E-state index is 13.1. The van der Waals surface area contributed by atoms with E-state index < -0.39 is 84.7 Å². The number of carbonyl (C=O) groups is 6. The van der Waals surface area contributed by atoms with Crippen LogP contribution in [0.15, 0.2) is 0 Å². The summed E-state index contributed by atoms with van der Waals surface area (Å²) in [6.45, 7) is 9.63. The van der Waals surface area contributed by atoms with Crippen molar-refractivity contribution in [2.24, 2.45) is 17.6 Å². The number of nitrogens with two attached hydrogens (primary N) is 1. The second-order valence-electron chi connectivity index (χ2n) is 9.77. The number of hydrogen-bond acceptors (Lipinski definition) is 8. The van der Waals surface area contributed by atoms with Gasteiger partial charge in [0.05, 0.1) is 12.1 Å². The molecule has 0 saturated heterocycles. The number of rotatable bonds is 16. The van der Waals surface area contributed by atoms with Crippen LogP contribution in [-0.4, -0.2) is 87.2 Å². The summed E-state index contributed by atoms with van der Waals surface area (Å²) in [7, 11) is 0. The number of carboxylic acids is 2. The number of nitrogens with one attached hydrogen (secondary N) is 4. The average molecular weight is 532 g/mol. The second-order valence-corrected chi connectivity index (χ2v) is 9.77. The molecule has 0 aromatic rings. The molecule has 0 spiro atoms. The third-order valence-electron chi connectivity index (χ3n) is 5.32. The summed E-state index contributed by atoms with van der Waals surface area (Å²) in [5, 5.41) is 37.7. The predicted molar refractivity (Wildman–Crippen MR) is 132 cm³/mol. The number of amides is 4. The average Bonchev–Trinajstić information content (AvgIpc) is 2.76. The summed E-state index contributed by atoms with van der Waals surface area (Å²) in [4.78, 5) is 72.9. The number of aliphatic hydroxyl groups is 1. The monoisotopic (exact) mass is 531 g/mol. The Kier molecular flexibility index (Phi) is 14.4. The van der Waals surface area contributed by atoms with Crippen LogP contribution in [0, 0.1) is 11.8 Å². The first-order valence-electron chi connectivity index (χ1n) is 12.1. The first-order chi connectivity index (χ1) is 17.0. The van der Waals surface area contributed by atoms with Gasteiger partial charge >= 0.3 is 11.9 Å². The molecule has 0 aromatic carbocycles. The molecular weight excluding hydrogens is 490 g/mol. The van der Waals surface area contributed by atoms with Crippen LogP contribution in [0.2, 0.25) is 0 Å². The Labute approximate surface area is 216 Å². The van der Waals surface area contributed by atoms with Crippen LogP contribution in [0.3, 0.4) is 0 Å². The molecule has 0 saturated carbocycles. The molecule has 0 heterocycles. The van der Waals surface area contributed by atoms with E-state index in [1.165, 1.54) is 13.8 Å². The fourth-order valence-corrected chi connectivity index (χ4v) is 3.23. The molecule has 0 unspecified atom stereocenters. The molecular formula is C23H41N5O9. The number of hydrogen-bond donors (Lipinski definition) is 8. The topological polar surface area (TPSA) is 237 Å². The molecule has 37 heavy (non-hydrogen) atoms. The van der Waals surface area contributed by atoms with Gasteiger partial charge in [-0.25, -0.2) is 4.79 Å². The summed E-state index contributed by atoms with van der Waals surface area (Å²) >= 11 is 0. The lowest BCUT2D eigenvalue weighted by Crippen LogP contribution is -2.61. The van der Waals surface area contributed by atoms with Crippen molar-refractivity contribution >= 4 is 35.6 Å². The van der Waals surface area contributed by atoms with Crippen LogP contribution in [-0.2, 0) is 28.8 Å². The Balaban J connectivity index is 5.68. The van der Waals surface area contributed by atoms with Crippen molar-refractivity contribution in [3.63, 3.8) is 0 Å². The zero-order chi connectivity index (χ0) is 29.0. The van der Waals surface area contributed by atoms with Gasteiger partial charge in [-0.05, 0) is 38.5 Å². The number of carboxylic acid groups (broad SMARTS) is 2. The molecule has 0 rings (SSSR count). The Morgan fingerprint density at radius 3 is 1.59 bits per heavy atom. The molecule has 0 aliphatic heterocycles. The van der Waals surface area contributed by atoms with Gasteiger partial charge in [-0.3, -0.25) is 24.0 Å². The van der Waals surface area contributed by atoms with Crippen LogP contribution in [0.4, 0.5) is 0 Å². The van der Waals surface area contributed by atoms with Crippen molar-refractivity contribution in [1.29, 1.82) is 0 Å². The van der Waals surface area contributed by atoms with Gasteiger partial charge in [-0.1, -0.05) is 27.7 Å². The van der Waals surface area contributed by atoms with E-state index in [4.69, 9.17) is 10.8 Å². The highest BCUT2D eigenvalue weighted by molar-refractivity contribution is 5.95. The van der Waals surface area contributed by atoms with E-state index in [2.05, 4.69) is 21.3 Å². The molecule has 4 amide bonds. The molecule has 0 radical (unpaired) electrons. The first kappa shape index (κ1) is 33.7. The van der Waals surface area contributed by atoms with Crippen LogP contribution in [0.5, 0.6) is 0 Å².